The van der Waals surface area contributed by atoms with Crippen LogP contribution in [0.3, 0.4) is 0 Å². The van der Waals surface area contributed by atoms with E-state index in [-0.39, 0.29) is 5.91 Å². The number of ether oxygens (including phenoxy) is 1. The molecule has 0 bridgehead atoms. The van der Waals surface area contributed by atoms with Crippen molar-refractivity contribution < 1.29 is 18.7 Å². The van der Waals surface area contributed by atoms with Gasteiger partial charge in [0.05, 0.1) is 13.0 Å². The van der Waals surface area contributed by atoms with Crippen molar-refractivity contribution in [2.24, 2.45) is 5.92 Å². The van der Waals surface area contributed by atoms with Gasteiger partial charge in [0.25, 0.3) is 0 Å². The van der Waals surface area contributed by atoms with Crippen LogP contribution in [0.25, 0.3) is 0 Å². The standard InChI is InChI=1S/C13H14FNO3/c1-8(14)12-11(7-16)15(13(12)17)9-3-5-10(18-2)6-4-9/h3-8,11-12H,1-2H3/t8-,11-,12-/m1/s1. The largest absolute Gasteiger partial charge is 0.497 e. The molecule has 1 fully saturated rings. The van der Waals surface area contributed by atoms with Crippen LogP contribution in [0.5, 0.6) is 5.75 Å². The molecular weight excluding hydrogens is 237 g/mol. The summed E-state index contributed by atoms with van der Waals surface area (Å²) in [7, 11) is 1.54. The van der Waals surface area contributed by atoms with E-state index < -0.39 is 18.1 Å². The van der Waals surface area contributed by atoms with Gasteiger partial charge in [0, 0.05) is 5.69 Å². The van der Waals surface area contributed by atoms with Gasteiger partial charge in [-0.3, -0.25) is 4.79 Å². The normalized spacial score (nSPS) is 24.4. The second kappa shape index (κ2) is 4.76. The number of anilines is 1. The van der Waals surface area contributed by atoms with E-state index in [2.05, 4.69) is 0 Å². The molecule has 0 N–H and O–H groups in total. The van der Waals surface area contributed by atoms with E-state index in [0.717, 1.165) is 0 Å². The van der Waals surface area contributed by atoms with Crippen LogP contribution >= 0.6 is 0 Å². The Morgan fingerprint density at radius 3 is 2.44 bits per heavy atom. The smallest absolute Gasteiger partial charge is 0.236 e. The van der Waals surface area contributed by atoms with Crippen LogP contribution in [0.4, 0.5) is 10.1 Å². The summed E-state index contributed by atoms with van der Waals surface area (Å²) in [5.74, 6) is -0.554. The third kappa shape index (κ3) is 1.85. The Balaban J connectivity index is 2.23. The molecule has 5 heteroatoms. The molecule has 1 amide bonds. The van der Waals surface area contributed by atoms with Crippen molar-refractivity contribution in [1.29, 1.82) is 0 Å². The van der Waals surface area contributed by atoms with E-state index in [4.69, 9.17) is 4.74 Å². The van der Waals surface area contributed by atoms with E-state index in [0.29, 0.717) is 17.7 Å². The minimum Gasteiger partial charge on any atom is -0.497 e. The highest BCUT2D eigenvalue weighted by atomic mass is 19.1. The summed E-state index contributed by atoms with van der Waals surface area (Å²) in [5, 5.41) is 0. The number of hydrogen-bond donors (Lipinski definition) is 0. The summed E-state index contributed by atoms with van der Waals surface area (Å²) >= 11 is 0. The van der Waals surface area contributed by atoms with E-state index >= 15 is 0 Å². The van der Waals surface area contributed by atoms with E-state index in [1.54, 1.807) is 31.4 Å². The van der Waals surface area contributed by atoms with E-state index in [9.17, 15) is 14.0 Å². The first-order valence-electron chi connectivity index (χ1n) is 5.66. The first-order valence-corrected chi connectivity index (χ1v) is 5.66. The molecule has 96 valence electrons. The SMILES string of the molecule is COc1ccc(N2C(=O)[C@H]([C@@H](C)F)[C@H]2C=O)cc1. The highest BCUT2D eigenvalue weighted by Crippen LogP contribution is 2.35. The number of alkyl halides is 1. The summed E-state index contributed by atoms with van der Waals surface area (Å²) in [6, 6.07) is 6.01. The molecule has 1 heterocycles. The number of halogens is 1. The van der Waals surface area contributed by atoms with Gasteiger partial charge in [-0.25, -0.2) is 4.39 Å². The number of carbonyl (C=O) groups excluding carboxylic acids is 2. The van der Waals surface area contributed by atoms with Crippen LogP contribution in [-0.4, -0.2) is 31.5 Å². The lowest BCUT2D eigenvalue weighted by Gasteiger charge is -2.44. The van der Waals surface area contributed by atoms with Gasteiger partial charge in [-0.2, -0.15) is 0 Å². The molecule has 3 atom stereocenters. The predicted molar refractivity (Wildman–Crippen MR) is 64.4 cm³/mol. The third-order valence-corrected chi connectivity index (χ3v) is 3.17. The molecule has 0 spiro atoms. The summed E-state index contributed by atoms with van der Waals surface area (Å²) in [4.78, 5) is 24.1. The number of carbonyl (C=O) groups is 2. The summed E-state index contributed by atoms with van der Waals surface area (Å²) in [5.41, 5.74) is 0.579. The number of benzene rings is 1. The maximum Gasteiger partial charge on any atom is 0.236 e. The molecule has 0 aliphatic carbocycles. The molecule has 1 aromatic carbocycles. The molecule has 18 heavy (non-hydrogen) atoms. The molecule has 1 saturated heterocycles. The summed E-state index contributed by atoms with van der Waals surface area (Å²) in [6.07, 6.45) is -0.700. The number of β-lactam (4-membered cyclic amide) rings is 1. The maximum absolute atomic E-state index is 13.2. The number of hydrogen-bond acceptors (Lipinski definition) is 3. The predicted octanol–water partition coefficient (Wildman–Crippen LogP) is 1.58. The van der Waals surface area contributed by atoms with Gasteiger partial charge in [0.15, 0.2) is 0 Å². The van der Waals surface area contributed by atoms with Crippen molar-refractivity contribution in [3.63, 3.8) is 0 Å². The quantitative estimate of drug-likeness (QED) is 0.603. The molecular formula is C13H14FNO3. The Bertz CT molecular complexity index is 458. The Labute approximate surface area is 104 Å². The molecule has 0 saturated carbocycles. The highest BCUT2D eigenvalue weighted by molar-refractivity contribution is 6.08. The molecule has 0 unspecified atom stereocenters. The van der Waals surface area contributed by atoms with Gasteiger partial charge in [0.2, 0.25) is 5.91 Å². The van der Waals surface area contributed by atoms with Gasteiger partial charge in [-0.1, -0.05) is 0 Å². The van der Waals surface area contributed by atoms with Crippen LogP contribution < -0.4 is 9.64 Å². The lowest BCUT2D eigenvalue weighted by atomic mass is 9.84. The van der Waals surface area contributed by atoms with Crippen molar-refractivity contribution in [3.05, 3.63) is 24.3 Å². The number of amides is 1. The fourth-order valence-electron chi connectivity index (χ4n) is 2.19. The van der Waals surface area contributed by atoms with Gasteiger partial charge in [-0.15, -0.1) is 0 Å². The summed E-state index contributed by atoms with van der Waals surface area (Å²) in [6.45, 7) is 1.30. The maximum atomic E-state index is 13.2. The zero-order valence-electron chi connectivity index (χ0n) is 10.2. The van der Waals surface area contributed by atoms with Crippen LogP contribution in [0.1, 0.15) is 6.92 Å². The summed E-state index contributed by atoms with van der Waals surface area (Å²) < 4.78 is 18.2. The molecule has 0 aromatic heterocycles. The zero-order chi connectivity index (χ0) is 13.3. The molecule has 1 aliphatic rings. The van der Waals surface area contributed by atoms with Crippen molar-refractivity contribution in [2.45, 2.75) is 19.1 Å². The molecule has 2 rings (SSSR count). The first-order chi connectivity index (χ1) is 8.60. The second-order valence-electron chi connectivity index (χ2n) is 4.24. The molecule has 1 aromatic rings. The van der Waals surface area contributed by atoms with E-state index in [1.165, 1.54) is 11.8 Å². The lowest BCUT2D eigenvalue weighted by molar-refractivity contribution is -0.136. The van der Waals surface area contributed by atoms with Crippen LogP contribution in [0.15, 0.2) is 24.3 Å². The number of methoxy groups -OCH3 is 1. The minimum absolute atomic E-state index is 0.354. The van der Waals surface area contributed by atoms with Crippen LogP contribution in [0.2, 0.25) is 0 Å². The van der Waals surface area contributed by atoms with Crippen molar-refractivity contribution in [1.82, 2.24) is 0 Å². The number of nitrogens with zero attached hydrogens (tertiary/aromatic N) is 1. The van der Waals surface area contributed by atoms with Gasteiger partial charge in [-0.05, 0) is 31.2 Å². The fraction of sp³-hybridized carbons (Fsp3) is 0.385. The Morgan fingerprint density at radius 1 is 1.39 bits per heavy atom. The van der Waals surface area contributed by atoms with Gasteiger partial charge < -0.3 is 14.4 Å². The average Bonchev–Trinajstić information content (AvgIpc) is 2.36. The second-order valence-corrected chi connectivity index (χ2v) is 4.24. The Morgan fingerprint density at radius 2 is 2.00 bits per heavy atom. The zero-order valence-corrected chi connectivity index (χ0v) is 10.2. The Kier molecular flexibility index (Phi) is 3.32. The van der Waals surface area contributed by atoms with Crippen molar-refractivity contribution in [3.8, 4) is 5.75 Å². The Hall–Kier alpha value is -1.91. The molecule has 1 aliphatic heterocycles. The molecule has 4 nitrogen and oxygen atoms in total. The van der Waals surface area contributed by atoms with Crippen molar-refractivity contribution >= 4 is 17.9 Å². The van der Waals surface area contributed by atoms with Crippen LogP contribution in [-0.2, 0) is 9.59 Å². The van der Waals surface area contributed by atoms with Crippen LogP contribution in [0, 0.1) is 5.92 Å². The fourth-order valence-corrected chi connectivity index (χ4v) is 2.19. The van der Waals surface area contributed by atoms with Crippen molar-refractivity contribution in [2.75, 3.05) is 12.0 Å². The van der Waals surface area contributed by atoms with Gasteiger partial charge >= 0.3 is 0 Å². The molecule has 0 radical (unpaired) electrons. The van der Waals surface area contributed by atoms with Gasteiger partial charge in [0.1, 0.15) is 24.2 Å². The minimum atomic E-state index is -1.32. The first kappa shape index (κ1) is 12.5. The topological polar surface area (TPSA) is 46.6 Å². The monoisotopic (exact) mass is 251 g/mol. The van der Waals surface area contributed by atoms with E-state index in [1.807, 2.05) is 0 Å². The number of aldehydes is 1. The lowest BCUT2D eigenvalue weighted by Crippen LogP contribution is -2.64. The average molecular weight is 251 g/mol. The number of rotatable bonds is 4. The highest BCUT2D eigenvalue weighted by Gasteiger charge is 2.51. The third-order valence-electron chi connectivity index (χ3n) is 3.17.